The molecule has 1 saturated heterocycles. The van der Waals surface area contributed by atoms with Gasteiger partial charge in [-0.05, 0) is 24.1 Å². The first-order valence-corrected chi connectivity index (χ1v) is 7.94. The highest BCUT2D eigenvalue weighted by atomic mass is 16.5. The predicted molar refractivity (Wildman–Crippen MR) is 87.9 cm³/mol. The average Bonchev–Trinajstić information content (AvgIpc) is 2.60. The molecule has 0 saturated carbocycles. The monoisotopic (exact) mass is 297 g/mol. The van der Waals surface area contributed by atoms with Crippen LogP contribution < -0.4 is 10.1 Å². The second-order valence-corrected chi connectivity index (χ2v) is 5.80. The molecular weight excluding hydrogens is 274 g/mol. The van der Waals surface area contributed by atoms with Gasteiger partial charge >= 0.3 is 0 Å². The van der Waals surface area contributed by atoms with Crippen molar-refractivity contribution < 1.29 is 9.47 Å². The number of para-hydroxylation sites is 1. The van der Waals surface area contributed by atoms with Gasteiger partial charge in [-0.2, -0.15) is 0 Å². The quantitative estimate of drug-likeness (QED) is 0.888. The summed E-state index contributed by atoms with van der Waals surface area (Å²) in [4.78, 5) is 0. The van der Waals surface area contributed by atoms with Crippen molar-refractivity contribution in [2.75, 3.05) is 19.7 Å². The van der Waals surface area contributed by atoms with Gasteiger partial charge in [-0.15, -0.1) is 0 Å². The summed E-state index contributed by atoms with van der Waals surface area (Å²) in [5.74, 6) is 1.43. The maximum atomic E-state index is 6.03. The Bertz CT molecular complexity index is 494. The van der Waals surface area contributed by atoms with Crippen molar-refractivity contribution in [3.63, 3.8) is 0 Å². The average molecular weight is 297 g/mol. The summed E-state index contributed by atoms with van der Waals surface area (Å²) in [7, 11) is 0. The fourth-order valence-electron chi connectivity index (χ4n) is 2.76. The van der Waals surface area contributed by atoms with Gasteiger partial charge in [0.05, 0.1) is 19.3 Å². The molecule has 3 rings (SSSR count). The van der Waals surface area contributed by atoms with E-state index in [2.05, 4.69) is 17.4 Å². The van der Waals surface area contributed by atoms with E-state index in [9.17, 15) is 0 Å². The van der Waals surface area contributed by atoms with Gasteiger partial charge in [-0.1, -0.05) is 48.5 Å². The van der Waals surface area contributed by atoms with Crippen LogP contribution in [0.15, 0.2) is 60.7 Å². The van der Waals surface area contributed by atoms with Crippen molar-refractivity contribution in [3.05, 3.63) is 66.2 Å². The van der Waals surface area contributed by atoms with Gasteiger partial charge in [-0.3, -0.25) is 0 Å². The third kappa shape index (κ3) is 4.58. The Hall–Kier alpha value is -1.84. The smallest absolute Gasteiger partial charge is 0.119 e. The van der Waals surface area contributed by atoms with Crippen molar-refractivity contribution in [1.29, 1.82) is 0 Å². The molecule has 22 heavy (non-hydrogen) atoms. The van der Waals surface area contributed by atoms with E-state index in [0.29, 0.717) is 12.5 Å². The van der Waals surface area contributed by atoms with Crippen LogP contribution in [0, 0.1) is 5.92 Å². The van der Waals surface area contributed by atoms with Gasteiger partial charge in [-0.25, -0.2) is 0 Å². The highest BCUT2D eigenvalue weighted by molar-refractivity contribution is 5.20. The van der Waals surface area contributed by atoms with E-state index in [4.69, 9.17) is 9.47 Å². The lowest BCUT2D eigenvalue weighted by Gasteiger charge is -2.30. The molecule has 1 heterocycles. The number of rotatable bonds is 6. The van der Waals surface area contributed by atoms with Gasteiger partial charge in [0.2, 0.25) is 0 Å². The van der Waals surface area contributed by atoms with Gasteiger partial charge in [0.15, 0.2) is 0 Å². The number of nitrogens with one attached hydrogen (secondary N) is 1. The molecule has 1 aliphatic rings. The van der Waals surface area contributed by atoms with E-state index in [-0.39, 0.29) is 6.10 Å². The maximum Gasteiger partial charge on any atom is 0.119 e. The van der Waals surface area contributed by atoms with Crippen molar-refractivity contribution in [2.45, 2.75) is 19.1 Å². The van der Waals surface area contributed by atoms with Crippen LogP contribution in [0.5, 0.6) is 5.75 Å². The van der Waals surface area contributed by atoms with Gasteiger partial charge < -0.3 is 14.8 Å². The van der Waals surface area contributed by atoms with Crippen LogP contribution in [0.1, 0.15) is 12.0 Å². The van der Waals surface area contributed by atoms with E-state index >= 15 is 0 Å². The molecule has 0 aromatic heterocycles. The fourth-order valence-corrected chi connectivity index (χ4v) is 2.76. The minimum absolute atomic E-state index is 0.262. The summed E-state index contributed by atoms with van der Waals surface area (Å²) in [5, 5.41) is 3.45. The fraction of sp³-hybridized carbons (Fsp3) is 0.368. The zero-order valence-corrected chi connectivity index (χ0v) is 12.8. The first-order chi connectivity index (χ1) is 10.9. The Kier molecular flexibility index (Phi) is 5.46. The lowest BCUT2D eigenvalue weighted by Crippen LogP contribution is -2.42. The SMILES string of the molecule is c1ccc(CO[C@@H]2CNC[C@H](COc3ccccc3)C2)cc1. The number of benzene rings is 2. The predicted octanol–water partition coefficient (Wildman–Crippen LogP) is 3.26. The molecule has 3 heteroatoms. The summed E-state index contributed by atoms with van der Waals surface area (Å²) in [6.45, 7) is 3.34. The Balaban J connectivity index is 1.43. The Morgan fingerprint density at radius 1 is 0.909 bits per heavy atom. The van der Waals surface area contributed by atoms with Crippen LogP contribution >= 0.6 is 0 Å². The Morgan fingerprint density at radius 3 is 2.41 bits per heavy atom. The first-order valence-electron chi connectivity index (χ1n) is 7.94. The zero-order chi connectivity index (χ0) is 15.0. The van der Waals surface area contributed by atoms with E-state index in [1.165, 1.54) is 5.56 Å². The topological polar surface area (TPSA) is 30.5 Å². The lowest BCUT2D eigenvalue weighted by atomic mass is 9.98. The normalized spacial score (nSPS) is 21.5. The lowest BCUT2D eigenvalue weighted by molar-refractivity contribution is 0.00485. The summed E-state index contributed by atoms with van der Waals surface area (Å²) in [5.41, 5.74) is 1.23. The standard InChI is InChI=1S/C19H23NO2/c1-3-7-16(8-4-1)14-22-19-11-17(12-20-13-19)15-21-18-9-5-2-6-10-18/h1-10,17,19-20H,11-15H2/t17-,19+/m1/s1. The van der Waals surface area contributed by atoms with Crippen molar-refractivity contribution in [2.24, 2.45) is 5.92 Å². The van der Waals surface area contributed by atoms with Crippen molar-refractivity contribution >= 4 is 0 Å². The molecule has 0 amide bonds. The second-order valence-electron chi connectivity index (χ2n) is 5.80. The molecule has 2 aromatic rings. The van der Waals surface area contributed by atoms with Gasteiger partial charge in [0, 0.05) is 19.0 Å². The van der Waals surface area contributed by atoms with Crippen molar-refractivity contribution in [1.82, 2.24) is 5.32 Å². The minimum atomic E-state index is 0.262. The summed E-state index contributed by atoms with van der Waals surface area (Å²) in [6.07, 6.45) is 1.31. The molecule has 1 aliphatic heterocycles. The van der Waals surface area contributed by atoms with Crippen LogP contribution in [0.3, 0.4) is 0 Å². The maximum absolute atomic E-state index is 6.03. The van der Waals surface area contributed by atoms with Gasteiger partial charge in [0.1, 0.15) is 5.75 Å². The van der Waals surface area contributed by atoms with Crippen LogP contribution in [0.25, 0.3) is 0 Å². The van der Waals surface area contributed by atoms with Gasteiger partial charge in [0.25, 0.3) is 0 Å². The third-order valence-corrected chi connectivity index (χ3v) is 3.96. The molecule has 2 aromatic carbocycles. The zero-order valence-electron chi connectivity index (χ0n) is 12.8. The minimum Gasteiger partial charge on any atom is -0.493 e. The number of ether oxygens (including phenoxy) is 2. The summed E-state index contributed by atoms with van der Waals surface area (Å²) in [6, 6.07) is 20.3. The van der Waals surface area contributed by atoms with Crippen LogP contribution in [-0.4, -0.2) is 25.8 Å². The molecule has 0 spiro atoms. The molecule has 0 radical (unpaired) electrons. The molecule has 0 bridgehead atoms. The third-order valence-electron chi connectivity index (χ3n) is 3.96. The highest BCUT2D eigenvalue weighted by Gasteiger charge is 2.22. The highest BCUT2D eigenvalue weighted by Crippen LogP contribution is 2.17. The molecular formula is C19H23NO2. The second kappa shape index (κ2) is 7.97. The van der Waals surface area contributed by atoms with Crippen LogP contribution in [-0.2, 0) is 11.3 Å². The van der Waals surface area contributed by atoms with Crippen LogP contribution in [0.4, 0.5) is 0 Å². The Morgan fingerprint density at radius 2 is 1.64 bits per heavy atom. The molecule has 3 nitrogen and oxygen atoms in total. The summed E-state index contributed by atoms with van der Waals surface area (Å²) < 4.78 is 11.9. The first kappa shape index (κ1) is 15.1. The number of piperidine rings is 1. The molecule has 0 aliphatic carbocycles. The van der Waals surface area contributed by atoms with E-state index < -0.39 is 0 Å². The summed E-state index contributed by atoms with van der Waals surface area (Å²) >= 11 is 0. The van der Waals surface area contributed by atoms with E-state index in [1.54, 1.807) is 0 Å². The molecule has 1 N–H and O–H groups in total. The molecule has 1 fully saturated rings. The molecule has 2 atom stereocenters. The van der Waals surface area contributed by atoms with E-state index in [1.807, 2.05) is 48.5 Å². The number of hydrogen-bond acceptors (Lipinski definition) is 3. The molecule has 0 unspecified atom stereocenters. The molecule has 116 valence electrons. The Labute approximate surface area is 132 Å². The largest absolute Gasteiger partial charge is 0.493 e. The van der Waals surface area contributed by atoms with Crippen molar-refractivity contribution in [3.8, 4) is 5.75 Å². The van der Waals surface area contributed by atoms with E-state index in [0.717, 1.165) is 31.9 Å². The van der Waals surface area contributed by atoms with Crippen LogP contribution in [0.2, 0.25) is 0 Å². The number of hydrogen-bond donors (Lipinski definition) is 1.